The molecule has 0 aliphatic carbocycles. The van der Waals surface area contributed by atoms with Crippen LogP contribution in [0, 0.1) is 5.82 Å². The van der Waals surface area contributed by atoms with E-state index >= 15 is 0 Å². The van der Waals surface area contributed by atoms with Crippen molar-refractivity contribution in [1.29, 1.82) is 0 Å². The van der Waals surface area contributed by atoms with Gasteiger partial charge in [0.2, 0.25) is 0 Å². The lowest BCUT2D eigenvalue weighted by atomic mass is 9.93. The van der Waals surface area contributed by atoms with Crippen LogP contribution in [0.15, 0.2) is 71.2 Å². The van der Waals surface area contributed by atoms with Gasteiger partial charge in [0.1, 0.15) is 11.6 Å². The molecule has 1 aliphatic rings. The average molecular weight is 516 g/mol. The van der Waals surface area contributed by atoms with Crippen LogP contribution in [-0.2, 0) is 6.42 Å². The van der Waals surface area contributed by atoms with Gasteiger partial charge in [0, 0.05) is 32.6 Å². The number of hydrogen-bond donors (Lipinski definition) is 1. The molecule has 1 unspecified atom stereocenters. The Morgan fingerprint density at radius 2 is 1.84 bits per heavy atom. The lowest BCUT2D eigenvalue weighted by molar-refractivity contribution is 0.289. The van der Waals surface area contributed by atoms with Crippen molar-refractivity contribution >= 4 is 55.8 Å². The van der Waals surface area contributed by atoms with Crippen LogP contribution in [0.2, 0.25) is 5.02 Å². The van der Waals surface area contributed by atoms with E-state index in [4.69, 9.17) is 28.6 Å². The number of aromatic nitrogens is 1. The highest BCUT2D eigenvalue weighted by Crippen LogP contribution is 2.39. The number of ether oxygens (including phenoxy) is 1. The summed E-state index contributed by atoms with van der Waals surface area (Å²) in [6.07, 6.45) is 0.801. The predicted molar refractivity (Wildman–Crippen MR) is 129 cm³/mol. The van der Waals surface area contributed by atoms with Gasteiger partial charge in [-0.1, -0.05) is 39.7 Å². The molecule has 1 N–H and O–H groups in total. The highest BCUT2D eigenvalue weighted by atomic mass is 79.9. The summed E-state index contributed by atoms with van der Waals surface area (Å²) in [4.78, 5) is 5.66. The number of rotatable bonds is 2. The Labute approximate surface area is 197 Å². The second kappa shape index (κ2) is 8.26. The van der Waals surface area contributed by atoms with Crippen LogP contribution in [-0.4, -0.2) is 21.6 Å². The van der Waals surface area contributed by atoms with Crippen molar-refractivity contribution < 1.29 is 9.13 Å². The van der Waals surface area contributed by atoms with Crippen molar-refractivity contribution in [1.82, 2.24) is 9.88 Å². The Kier molecular flexibility index (Phi) is 5.46. The summed E-state index contributed by atoms with van der Waals surface area (Å²) in [6, 6.07) is 19.8. The molecule has 0 saturated carbocycles. The standard InChI is InChI=1S/C24H17BrClFN2OS/c25-15-3-1-14(2-4-15)23-22-19(20-13-16(26)5-10-21(20)28-22)11-12-29(23)24(31)30-18-8-6-17(27)7-9-18/h1-10,13,23,28H,11-12H2. The molecule has 0 fully saturated rings. The maximum atomic E-state index is 13.3. The van der Waals surface area contributed by atoms with E-state index in [1.165, 1.54) is 17.7 Å². The Balaban J connectivity index is 1.58. The summed E-state index contributed by atoms with van der Waals surface area (Å²) in [7, 11) is 0. The zero-order valence-corrected chi connectivity index (χ0v) is 19.4. The highest BCUT2D eigenvalue weighted by Gasteiger charge is 2.34. The average Bonchev–Trinajstić information content (AvgIpc) is 3.13. The second-order valence-corrected chi connectivity index (χ2v) is 9.13. The fourth-order valence-electron chi connectivity index (χ4n) is 4.11. The summed E-state index contributed by atoms with van der Waals surface area (Å²) >= 11 is 15.5. The molecule has 0 radical (unpaired) electrons. The van der Waals surface area contributed by atoms with Crippen LogP contribution >= 0.6 is 39.7 Å². The van der Waals surface area contributed by atoms with Crippen molar-refractivity contribution in [3.8, 4) is 5.75 Å². The third kappa shape index (κ3) is 3.95. The minimum absolute atomic E-state index is 0.143. The van der Waals surface area contributed by atoms with E-state index in [-0.39, 0.29) is 11.9 Å². The van der Waals surface area contributed by atoms with Gasteiger partial charge >= 0.3 is 0 Å². The van der Waals surface area contributed by atoms with Crippen molar-refractivity contribution in [3.63, 3.8) is 0 Å². The van der Waals surface area contributed by atoms with E-state index in [0.29, 0.717) is 22.5 Å². The molecule has 1 atom stereocenters. The van der Waals surface area contributed by atoms with Gasteiger partial charge < -0.3 is 14.6 Å². The van der Waals surface area contributed by atoms with Crippen LogP contribution in [0.1, 0.15) is 22.9 Å². The van der Waals surface area contributed by atoms with Crippen LogP contribution < -0.4 is 4.74 Å². The molecule has 3 nitrogen and oxygen atoms in total. The summed E-state index contributed by atoms with van der Waals surface area (Å²) < 4.78 is 20.2. The molecule has 156 valence electrons. The van der Waals surface area contributed by atoms with Gasteiger partial charge in [0.25, 0.3) is 5.17 Å². The lowest BCUT2D eigenvalue weighted by Crippen LogP contribution is -2.42. The fraction of sp³-hybridized carbons (Fsp3) is 0.125. The van der Waals surface area contributed by atoms with Crippen molar-refractivity contribution in [2.75, 3.05) is 6.54 Å². The van der Waals surface area contributed by atoms with E-state index in [0.717, 1.165) is 33.1 Å². The summed E-state index contributed by atoms with van der Waals surface area (Å²) in [5.41, 5.74) is 4.46. The largest absolute Gasteiger partial charge is 0.432 e. The first kappa shape index (κ1) is 20.5. The Hall–Kier alpha value is -2.41. The van der Waals surface area contributed by atoms with E-state index in [1.807, 2.05) is 30.3 Å². The molecule has 0 spiro atoms. The molecule has 2 heterocycles. The predicted octanol–water partition coefficient (Wildman–Crippen LogP) is 7.03. The molecule has 0 bridgehead atoms. The van der Waals surface area contributed by atoms with Crippen LogP contribution in [0.3, 0.4) is 0 Å². The van der Waals surface area contributed by atoms with E-state index < -0.39 is 0 Å². The summed E-state index contributed by atoms with van der Waals surface area (Å²) in [6.45, 7) is 0.688. The second-order valence-electron chi connectivity index (χ2n) is 7.43. The maximum absolute atomic E-state index is 13.3. The lowest BCUT2D eigenvalue weighted by Gasteiger charge is -2.37. The summed E-state index contributed by atoms with van der Waals surface area (Å²) in [5, 5.41) is 2.20. The quantitative estimate of drug-likeness (QED) is 0.290. The highest BCUT2D eigenvalue weighted by molar-refractivity contribution is 9.10. The number of nitrogens with one attached hydrogen (secondary N) is 1. The van der Waals surface area contributed by atoms with Gasteiger partial charge in [-0.05, 0) is 84.4 Å². The molecule has 0 amide bonds. The third-order valence-corrected chi connectivity index (χ3v) is 6.61. The number of aromatic amines is 1. The molecule has 31 heavy (non-hydrogen) atoms. The first-order valence-electron chi connectivity index (χ1n) is 9.79. The first-order valence-corrected chi connectivity index (χ1v) is 11.4. The van der Waals surface area contributed by atoms with Crippen LogP contribution in [0.4, 0.5) is 4.39 Å². The Morgan fingerprint density at radius 1 is 1.10 bits per heavy atom. The number of H-pyrrole nitrogens is 1. The van der Waals surface area contributed by atoms with E-state index in [2.05, 4.69) is 37.9 Å². The number of fused-ring (bicyclic) bond motifs is 3. The topological polar surface area (TPSA) is 28.3 Å². The molecule has 5 rings (SSSR count). The van der Waals surface area contributed by atoms with E-state index in [9.17, 15) is 4.39 Å². The third-order valence-electron chi connectivity index (χ3n) is 5.53. The Morgan fingerprint density at radius 3 is 2.58 bits per heavy atom. The Bertz CT molecular complexity index is 1270. The van der Waals surface area contributed by atoms with Crippen LogP contribution in [0.25, 0.3) is 10.9 Å². The number of benzene rings is 3. The first-order chi connectivity index (χ1) is 15.0. The molecule has 1 aromatic heterocycles. The summed E-state index contributed by atoms with van der Waals surface area (Å²) in [5.74, 6) is 0.195. The SMILES string of the molecule is Fc1ccc(OC(=S)N2CCc3c([nH]c4ccc(Cl)cc34)C2c2ccc(Br)cc2)cc1. The van der Waals surface area contributed by atoms with Gasteiger partial charge in [0.05, 0.1) is 6.04 Å². The van der Waals surface area contributed by atoms with Gasteiger partial charge in [-0.3, -0.25) is 0 Å². The molecule has 4 aromatic rings. The van der Waals surface area contributed by atoms with Crippen LogP contribution in [0.5, 0.6) is 5.75 Å². The van der Waals surface area contributed by atoms with Crippen molar-refractivity contribution in [3.05, 3.63) is 98.9 Å². The fourth-order valence-corrected chi connectivity index (χ4v) is 4.84. The minimum Gasteiger partial charge on any atom is -0.432 e. The number of hydrogen-bond acceptors (Lipinski definition) is 2. The number of halogens is 3. The molecule has 0 saturated heterocycles. The van der Waals surface area contributed by atoms with Crippen molar-refractivity contribution in [2.24, 2.45) is 0 Å². The van der Waals surface area contributed by atoms with Crippen molar-refractivity contribution in [2.45, 2.75) is 12.5 Å². The van der Waals surface area contributed by atoms with Gasteiger partial charge in [-0.15, -0.1) is 0 Å². The van der Waals surface area contributed by atoms with Gasteiger partial charge in [-0.25, -0.2) is 4.39 Å². The molecule has 1 aliphatic heterocycles. The van der Waals surface area contributed by atoms with Gasteiger partial charge in [0.15, 0.2) is 0 Å². The van der Waals surface area contributed by atoms with Gasteiger partial charge in [-0.2, -0.15) is 0 Å². The molecule has 7 heteroatoms. The molecular formula is C24H17BrClFN2OS. The monoisotopic (exact) mass is 514 g/mol. The molecule has 3 aromatic carbocycles. The smallest absolute Gasteiger partial charge is 0.265 e. The number of thiocarbonyl (C=S) groups is 1. The maximum Gasteiger partial charge on any atom is 0.265 e. The minimum atomic E-state index is -0.314. The zero-order chi connectivity index (χ0) is 21.5. The number of nitrogens with zero attached hydrogens (tertiary/aromatic N) is 1. The van der Waals surface area contributed by atoms with E-state index in [1.54, 1.807) is 12.1 Å². The normalized spacial score (nSPS) is 15.7. The molecular weight excluding hydrogens is 499 g/mol. The zero-order valence-electron chi connectivity index (χ0n) is 16.2.